The van der Waals surface area contributed by atoms with Crippen LogP contribution in [0.2, 0.25) is 0 Å². The van der Waals surface area contributed by atoms with Gasteiger partial charge in [0.1, 0.15) is 30.5 Å². The number of ketones is 1. The molecule has 1 unspecified atom stereocenters. The van der Waals surface area contributed by atoms with Crippen molar-refractivity contribution in [3.05, 3.63) is 83.3 Å². The molecule has 8 heteroatoms. The molecule has 2 aliphatic heterocycles. The number of ether oxygens (including phenoxy) is 3. The summed E-state index contributed by atoms with van der Waals surface area (Å²) in [6.45, 7) is 3.59. The number of carbonyl (C=O) groups excluding carboxylic acids is 2. The summed E-state index contributed by atoms with van der Waals surface area (Å²) in [6, 6.07) is 14.9. The molecule has 0 radical (unpaired) electrons. The minimum absolute atomic E-state index is 0.00336. The summed E-state index contributed by atoms with van der Waals surface area (Å²) in [4.78, 5) is 28.0. The van der Waals surface area contributed by atoms with E-state index in [1.54, 1.807) is 30.3 Å². The smallest absolute Gasteiger partial charge is 0.296 e. The molecule has 0 saturated carbocycles. The Kier molecular flexibility index (Phi) is 7.16. The van der Waals surface area contributed by atoms with Crippen LogP contribution in [0.1, 0.15) is 49.1 Å². The van der Waals surface area contributed by atoms with Crippen LogP contribution in [0.5, 0.6) is 17.2 Å². The number of hydrogen-bond donors (Lipinski definition) is 1. The average molecular weight is 504 g/mol. The van der Waals surface area contributed by atoms with E-state index in [-0.39, 0.29) is 17.9 Å². The molecule has 8 nitrogen and oxygen atoms in total. The van der Waals surface area contributed by atoms with Crippen molar-refractivity contribution in [1.29, 1.82) is 0 Å². The van der Waals surface area contributed by atoms with Crippen molar-refractivity contribution in [2.24, 2.45) is 0 Å². The number of rotatable bonds is 9. The molecule has 192 valence electrons. The summed E-state index contributed by atoms with van der Waals surface area (Å²) in [5, 5.41) is 11.4. The maximum absolute atomic E-state index is 13.3. The van der Waals surface area contributed by atoms with Gasteiger partial charge >= 0.3 is 0 Å². The predicted molar refractivity (Wildman–Crippen MR) is 135 cm³/mol. The molecule has 37 heavy (non-hydrogen) atoms. The fraction of sp³-hybridized carbons (Fsp3) is 0.310. The molecule has 5 rings (SSSR count). The topological polar surface area (TPSA) is 98.4 Å². The molecular formula is C29H29NO7. The zero-order chi connectivity index (χ0) is 25.8. The number of likely N-dealkylation sites (tertiary alicyclic amines) is 1. The van der Waals surface area contributed by atoms with Gasteiger partial charge in [0.25, 0.3) is 11.7 Å². The number of furan rings is 1. The van der Waals surface area contributed by atoms with Gasteiger partial charge in [-0.05, 0) is 54.4 Å². The van der Waals surface area contributed by atoms with Crippen molar-refractivity contribution in [1.82, 2.24) is 4.90 Å². The number of benzene rings is 2. The molecule has 1 N–H and O–H groups in total. The lowest BCUT2D eigenvalue weighted by molar-refractivity contribution is -0.140. The highest BCUT2D eigenvalue weighted by Crippen LogP contribution is 2.42. The predicted octanol–water partition coefficient (Wildman–Crippen LogP) is 5.24. The quantitative estimate of drug-likeness (QED) is 0.184. The second kappa shape index (κ2) is 10.8. The molecule has 0 aliphatic carbocycles. The minimum atomic E-state index is -0.836. The van der Waals surface area contributed by atoms with Gasteiger partial charge in [0.15, 0.2) is 11.5 Å². The van der Waals surface area contributed by atoms with Crippen molar-refractivity contribution in [2.75, 3.05) is 19.8 Å². The van der Waals surface area contributed by atoms with Crippen molar-refractivity contribution in [3.63, 3.8) is 0 Å². The van der Waals surface area contributed by atoms with Gasteiger partial charge in [0.2, 0.25) is 0 Å². The van der Waals surface area contributed by atoms with Crippen molar-refractivity contribution in [2.45, 2.75) is 38.8 Å². The van der Waals surface area contributed by atoms with Gasteiger partial charge in [0.05, 0.1) is 31.0 Å². The molecule has 2 aliphatic rings. The van der Waals surface area contributed by atoms with E-state index in [4.69, 9.17) is 18.6 Å². The average Bonchev–Trinajstić information content (AvgIpc) is 3.53. The fourth-order valence-electron chi connectivity index (χ4n) is 4.62. The maximum atomic E-state index is 13.3. The number of amides is 1. The fourth-order valence-corrected chi connectivity index (χ4v) is 4.62. The van der Waals surface area contributed by atoms with Crippen LogP contribution >= 0.6 is 0 Å². The Morgan fingerprint density at radius 1 is 1.03 bits per heavy atom. The van der Waals surface area contributed by atoms with E-state index >= 15 is 0 Å². The van der Waals surface area contributed by atoms with Crippen LogP contribution in [0.4, 0.5) is 0 Å². The molecule has 1 fully saturated rings. The lowest BCUT2D eigenvalue weighted by Crippen LogP contribution is -2.29. The third kappa shape index (κ3) is 5.05. The lowest BCUT2D eigenvalue weighted by atomic mass is 9.95. The van der Waals surface area contributed by atoms with Crippen LogP contribution < -0.4 is 14.2 Å². The number of unbranched alkanes of at least 4 members (excludes halogenated alkanes) is 2. The molecule has 0 bridgehead atoms. The number of aliphatic hydroxyl groups excluding tert-OH is 1. The van der Waals surface area contributed by atoms with Crippen LogP contribution in [0, 0.1) is 0 Å². The van der Waals surface area contributed by atoms with Crippen LogP contribution in [0.15, 0.2) is 70.9 Å². The van der Waals surface area contributed by atoms with E-state index < -0.39 is 17.7 Å². The summed E-state index contributed by atoms with van der Waals surface area (Å²) >= 11 is 0. The molecular weight excluding hydrogens is 474 g/mol. The highest BCUT2D eigenvalue weighted by molar-refractivity contribution is 6.46. The second-order valence-electron chi connectivity index (χ2n) is 8.99. The van der Waals surface area contributed by atoms with E-state index in [1.165, 1.54) is 11.2 Å². The molecule has 1 atom stereocenters. The summed E-state index contributed by atoms with van der Waals surface area (Å²) in [6.07, 6.45) is 4.60. The summed E-state index contributed by atoms with van der Waals surface area (Å²) < 4.78 is 22.6. The minimum Gasteiger partial charge on any atom is -0.507 e. The van der Waals surface area contributed by atoms with E-state index in [0.717, 1.165) is 19.3 Å². The van der Waals surface area contributed by atoms with E-state index in [1.807, 2.05) is 24.3 Å². The molecule has 1 aromatic heterocycles. The summed E-state index contributed by atoms with van der Waals surface area (Å²) in [7, 11) is 0. The number of Topliss-reactive ketones (excluding diaryl/α,β-unsaturated/α-hetero) is 1. The SMILES string of the molecule is CCCCCOc1cccc(C2/C(=C(/O)c3ccc4c(c3)OCCO4)C(=O)C(=O)N2Cc2ccco2)c1. The van der Waals surface area contributed by atoms with E-state index in [2.05, 4.69) is 6.92 Å². The summed E-state index contributed by atoms with van der Waals surface area (Å²) in [5.41, 5.74) is 1.01. The first-order chi connectivity index (χ1) is 18.1. The molecule has 3 aromatic rings. The Bertz CT molecular complexity index is 1310. The Hall–Kier alpha value is -4.20. The van der Waals surface area contributed by atoms with Crippen LogP contribution in [-0.4, -0.2) is 41.5 Å². The zero-order valence-corrected chi connectivity index (χ0v) is 20.6. The Labute approximate surface area is 215 Å². The Morgan fingerprint density at radius 3 is 2.65 bits per heavy atom. The number of fused-ring (bicyclic) bond motifs is 1. The third-order valence-corrected chi connectivity index (χ3v) is 6.45. The highest BCUT2D eigenvalue weighted by Gasteiger charge is 2.46. The summed E-state index contributed by atoms with van der Waals surface area (Å²) in [5.74, 6) is 0.434. The van der Waals surface area contributed by atoms with Crippen molar-refractivity contribution < 1.29 is 33.3 Å². The molecule has 3 heterocycles. The van der Waals surface area contributed by atoms with Gasteiger partial charge in [-0.3, -0.25) is 9.59 Å². The molecule has 2 aromatic carbocycles. The standard InChI is InChI=1S/C29H29NO7/c1-2-3-4-12-34-21-8-5-7-19(16-21)26-25(28(32)29(33)30(26)18-22-9-6-13-35-22)27(31)20-10-11-23-24(17-20)37-15-14-36-23/h5-11,13,16-17,26,31H,2-4,12,14-15,18H2,1H3/b27-25-. The van der Waals surface area contributed by atoms with Gasteiger partial charge in [-0.25, -0.2) is 0 Å². The number of nitrogens with zero attached hydrogens (tertiary/aromatic N) is 1. The Morgan fingerprint density at radius 2 is 1.86 bits per heavy atom. The van der Waals surface area contributed by atoms with Crippen LogP contribution in [0.3, 0.4) is 0 Å². The normalized spacial score (nSPS) is 18.3. The highest BCUT2D eigenvalue weighted by atomic mass is 16.6. The molecule has 1 saturated heterocycles. The number of hydrogen-bond acceptors (Lipinski definition) is 7. The van der Waals surface area contributed by atoms with Gasteiger partial charge < -0.3 is 28.6 Å². The first-order valence-electron chi connectivity index (χ1n) is 12.5. The monoisotopic (exact) mass is 503 g/mol. The van der Waals surface area contributed by atoms with Gasteiger partial charge in [0, 0.05) is 5.56 Å². The van der Waals surface area contributed by atoms with E-state index in [9.17, 15) is 14.7 Å². The first kappa shape index (κ1) is 24.5. The lowest BCUT2D eigenvalue weighted by Gasteiger charge is -2.25. The number of carbonyl (C=O) groups is 2. The van der Waals surface area contributed by atoms with Gasteiger partial charge in [-0.1, -0.05) is 31.9 Å². The van der Waals surface area contributed by atoms with Crippen molar-refractivity contribution >= 4 is 17.4 Å². The van der Waals surface area contributed by atoms with E-state index in [0.29, 0.717) is 54.0 Å². The van der Waals surface area contributed by atoms with Gasteiger partial charge in [-0.2, -0.15) is 0 Å². The third-order valence-electron chi connectivity index (χ3n) is 6.45. The number of aliphatic hydroxyl groups is 1. The zero-order valence-electron chi connectivity index (χ0n) is 20.6. The van der Waals surface area contributed by atoms with Crippen molar-refractivity contribution in [3.8, 4) is 17.2 Å². The van der Waals surface area contributed by atoms with Crippen LogP contribution in [-0.2, 0) is 16.1 Å². The maximum Gasteiger partial charge on any atom is 0.296 e. The van der Waals surface area contributed by atoms with Gasteiger partial charge in [-0.15, -0.1) is 0 Å². The first-order valence-corrected chi connectivity index (χ1v) is 12.5. The molecule has 0 spiro atoms. The Balaban J connectivity index is 1.56. The molecule has 1 amide bonds. The second-order valence-corrected chi connectivity index (χ2v) is 8.99. The van der Waals surface area contributed by atoms with Crippen LogP contribution in [0.25, 0.3) is 5.76 Å². The largest absolute Gasteiger partial charge is 0.507 e.